The van der Waals surface area contributed by atoms with Crippen LogP contribution < -0.4 is 0 Å². The van der Waals surface area contributed by atoms with Gasteiger partial charge in [0, 0.05) is 45.8 Å². The average Bonchev–Trinajstić information content (AvgIpc) is 3.41. The Morgan fingerprint density at radius 1 is 1.06 bits per heavy atom. The number of aryl methyl sites for hydroxylation is 1. The number of H-pyrrole nitrogens is 1. The average molecular weight is 630 g/mol. The molecule has 0 atom stereocenters. The Labute approximate surface area is 206 Å². The molecule has 0 aliphatic heterocycles. The van der Waals surface area contributed by atoms with Crippen molar-refractivity contribution in [1.82, 2.24) is 30.2 Å². The standard InChI is InChI=1S/C22H23ClN6O.Pb/c1-2-3-8-20-24-21(23)19(14-30)29(20)13-15-9-11-16(12-10-15)17-6-4-5-7-18(17)22-25-27-28-26-22;/h4-7,9-12,30H,2-3,8,13-14H2,1H3,(H,25,26,27,28);. The number of benzene rings is 2. The van der Waals surface area contributed by atoms with Gasteiger partial charge in [-0.05, 0) is 28.3 Å². The van der Waals surface area contributed by atoms with Crippen molar-refractivity contribution in [1.29, 1.82) is 0 Å². The number of hydrogen-bond acceptors (Lipinski definition) is 5. The summed E-state index contributed by atoms with van der Waals surface area (Å²) in [5.74, 6) is 1.48. The summed E-state index contributed by atoms with van der Waals surface area (Å²) in [4.78, 5) is 4.47. The van der Waals surface area contributed by atoms with Crippen molar-refractivity contribution in [3.05, 3.63) is 70.8 Å². The van der Waals surface area contributed by atoms with Gasteiger partial charge in [0.05, 0.1) is 12.3 Å². The van der Waals surface area contributed by atoms with E-state index in [0.717, 1.165) is 47.3 Å². The first kappa shape index (κ1) is 23.6. The smallest absolute Gasteiger partial charge is 0.205 e. The van der Waals surface area contributed by atoms with Crippen molar-refractivity contribution in [2.75, 3.05) is 0 Å². The first-order valence-electron chi connectivity index (χ1n) is 9.98. The number of aromatic amines is 1. The molecule has 0 saturated carbocycles. The van der Waals surface area contributed by atoms with Crippen LogP contribution >= 0.6 is 11.6 Å². The van der Waals surface area contributed by atoms with Gasteiger partial charge in [-0.3, -0.25) is 0 Å². The molecule has 4 rings (SSSR count). The van der Waals surface area contributed by atoms with E-state index in [2.05, 4.69) is 56.8 Å². The van der Waals surface area contributed by atoms with Crippen LogP contribution in [0, 0.1) is 0 Å². The quantitative estimate of drug-likeness (QED) is 0.289. The van der Waals surface area contributed by atoms with Crippen LogP contribution in [0.5, 0.6) is 0 Å². The van der Waals surface area contributed by atoms with Crippen LogP contribution in [-0.4, -0.2) is 62.6 Å². The van der Waals surface area contributed by atoms with Crippen LogP contribution in [0.4, 0.5) is 0 Å². The Balaban J connectivity index is 0.00000272. The molecule has 4 aromatic rings. The molecule has 31 heavy (non-hydrogen) atoms. The van der Waals surface area contributed by atoms with Crippen molar-refractivity contribution >= 4 is 38.9 Å². The van der Waals surface area contributed by atoms with Gasteiger partial charge < -0.3 is 9.67 Å². The number of imidazole rings is 1. The van der Waals surface area contributed by atoms with E-state index in [9.17, 15) is 5.11 Å². The molecular formula is C22H23ClN6OPb. The second kappa shape index (κ2) is 11.0. The van der Waals surface area contributed by atoms with Crippen LogP contribution in [0.1, 0.15) is 36.8 Å². The summed E-state index contributed by atoms with van der Waals surface area (Å²) >= 11 is 6.26. The van der Waals surface area contributed by atoms with Crippen molar-refractivity contribution in [2.45, 2.75) is 39.3 Å². The summed E-state index contributed by atoms with van der Waals surface area (Å²) in [5, 5.41) is 24.5. The molecule has 0 bridgehead atoms. The van der Waals surface area contributed by atoms with Crippen molar-refractivity contribution < 1.29 is 5.11 Å². The molecule has 7 nitrogen and oxygen atoms in total. The Bertz CT molecular complexity index is 1110. The fourth-order valence-corrected chi connectivity index (χ4v) is 3.81. The van der Waals surface area contributed by atoms with Crippen molar-refractivity contribution in [3.8, 4) is 22.5 Å². The van der Waals surface area contributed by atoms with E-state index in [4.69, 9.17) is 11.6 Å². The van der Waals surface area contributed by atoms with Crippen molar-refractivity contribution in [3.63, 3.8) is 0 Å². The number of unbranched alkanes of at least 4 members (excludes halogenated alkanes) is 1. The third-order valence-corrected chi connectivity index (χ3v) is 5.43. The molecule has 158 valence electrons. The molecule has 2 aromatic heterocycles. The number of nitrogens with zero attached hydrogens (tertiary/aromatic N) is 5. The Hall–Kier alpha value is -2.11. The van der Waals surface area contributed by atoms with E-state index in [1.165, 1.54) is 0 Å². The summed E-state index contributed by atoms with van der Waals surface area (Å²) in [6, 6.07) is 16.3. The maximum Gasteiger partial charge on any atom is 0.205 e. The Morgan fingerprint density at radius 3 is 2.45 bits per heavy atom. The molecule has 9 heteroatoms. The zero-order valence-corrected chi connectivity index (χ0v) is 21.9. The molecule has 0 saturated heterocycles. The number of rotatable bonds is 8. The summed E-state index contributed by atoms with van der Waals surface area (Å²) in [6.07, 6.45) is 2.95. The second-order valence-corrected chi connectivity index (χ2v) is 7.45. The monoisotopic (exact) mass is 630 g/mol. The number of halogens is 1. The number of aromatic nitrogens is 6. The minimum atomic E-state index is -0.131. The normalized spacial score (nSPS) is 10.8. The van der Waals surface area contributed by atoms with Gasteiger partial charge in [-0.2, -0.15) is 5.21 Å². The number of nitrogens with one attached hydrogen (secondary N) is 1. The number of aliphatic hydroxyl groups excluding tert-OH is 1. The molecule has 2 aromatic carbocycles. The van der Waals surface area contributed by atoms with E-state index >= 15 is 0 Å². The van der Waals surface area contributed by atoms with Gasteiger partial charge in [0.1, 0.15) is 5.82 Å². The first-order chi connectivity index (χ1) is 14.7. The zero-order valence-electron chi connectivity index (χ0n) is 17.2. The maximum atomic E-state index is 9.77. The molecular weight excluding hydrogens is 607 g/mol. The van der Waals surface area contributed by atoms with E-state index in [1.54, 1.807) is 0 Å². The van der Waals surface area contributed by atoms with E-state index in [-0.39, 0.29) is 33.9 Å². The van der Waals surface area contributed by atoms with Gasteiger partial charge in [0.25, 0.3) is 0 Å². The molecule has 0 aliphatic carbocycles. The predicted molar refractivity (Wildman–Crippen MR) is 122 cm³/mol. The molecule has 2 N–H and O–H groups in total. The van der Waals surface area contributed by atoms with Crippen LogP contribution in [0.2, 0.25) is 5.15 Å². The third-order valence-electron chi connectivity index (χ3n) is 5.13. The van der Waals surface area contributed by atoms with Gasteiger partial charge in [-0.25, -0.2) is 4.98 Å². The minimum Gasteiger partial charge on any atom is -0.390 e. The molecule has 2 heterocycles. The zero-order chi connectivity index (χ0) is 20.9. The third kappa shape index (κ3) is 5.21. The maximum absolute atomic E-state index is 9.77. The molecule has 0 aliphatic rings. The minimum absolute atomic E-state index is 0. The molecule has 0 spiro atoms. The number of hydrogen-bond donors (Lipinski definition) is 2. The SMILES string of the molecule is CCCCc1nc(Cl)c(CO)n1Cc1ccc(-c2ccccc2-c2nn[nH]n2)cc1.[Pb]. The number of tetrazole rings is 1. The fraction of sp³-hybridized carbons (Fsp3) is 0.273. The van der Waals surface area contributed by atoms with E-state index < -0.39 is 0 Å². The van der Waals surface area contributed by atoms with Gasteiger partial charge in [0.15, 0.2) is 5.15 Å². The van der Waals surface area contributed by atoms with E-state index in [0.29, 0.717) is 23.2 Å². The largest absolute Gasteiger partial charge is 0.390 e. The summed E-state index contributed by atoms with van der Waals surface area (Å²) in [5.41, 5.74) is 4.80. The first-order valence-corrected chi connectivity index (χ1v) is 10.4. The van der Waals surface area contributed by atoms with Crippen LogP contribution in [0.15, 0.2) is 48.5 Å². The molecule has 0 fully saturated rings. The van der Waals surface area contributed by atoms with E-state index in [1.807, 2.05) is 28.8 Å². The number of aliphatic hydroxyl groups is 1. The van der Waals surface area contributed by atoms with Gasteiger partial charge in [-0.15, -0.1) is 10.2 Å². The second-order valence-electron chi connectivity index (χ2n) is 7.09. The van der Waals surface area contributed by atoms with Gasteiger partial charge in [0.2, 0.25) is 5.82 Å². The Morgan fingerprint density at radius 2 is 1.81 bits per heavy atom. The van der Waals surface area contributed by atoms with Gasteiger partial charge >= 0.3 is 0 Å². The Kier molecular flexibility index (Phi) is 8.33. The predicted octanol–water partition coefficient (Wildman–Crippen LogP) is 3.89. The topological polar surface area (TPSA) is 92.5 Å². The van der Waals surface area contributed by atoms with Crippen molar-refractivity contribution in [2.24, 2.45) is 0 Å². The van der Waals surface area contributed by atoms with Crippen LogP contribution in [0.3, 0.4) is 0 Å². The molecule has 0 amide bonds. The summed E-state index contributed by atoms with van der Waals surface area (Å²) in [6.45, 7) is 2.63. The van der Waals surface area contributed by atoms with Crippen LogP contribution in [0.25, 0.3) is 22.5 Å². The summed E-state index contributed by atoms with van der Waals surface area (Å²) < 4.78 is 2.03. The van der Waals surface area contributed by atoms with Crippen LogP contribution in [-0.2, 0) is 19.6 Å². The molecule has 0 unspecified atom stereocenters. The fourth-order valence-electron chi connectivity index (χ4n) is 3.55. The van der Waals surface area contributed by atoms with Gasteiger partial charge in [-0.1, -0.05) is 73.5 Å². The summed E-state index contributed by atoms with van der Waals surface area (Å²) in [7, 11) is 0. The molecule has 4 radical (unpaired) electrons.